The lowest BCUT2D eigenvalue weighted by Gasteiger charge is -2.51. The zero-order valence-electron chi connectivity index (χ0n) is 23.8. The number of benzene rings is 3. The van der Waals surface area contributed by atoms with Crippen molar-refractivity contribution in [3.8, 4) is 0 Å². The van der Waals surface area contributed by atoms with Gasteiger partial charge in [0.05, 0.1) is 17.2 Å². The Kier molecular flexibility index (Phi) is 6.70. The number of carbonyl (C=O) groups is 1. The van der Waals surface area contributed by atoms with Gasteiger partial charge < -0.3 is 4.74 Å². The minimum absolute atomic E-state index is 0.103. The van der Waals surface area contributed by atoms with Crippen LogP contribution in [0.3, 0.4) is 0 Å². The molecule has 3 aromatic carbocycles. The van der Waals surface area contributed by atoms with Gasteiger partial charge in [-0.25, -0.2) is 12.7 Å². The van der Waals surface area contributed by atoms with Gasteiger partial charge in [-0.05, 0) is 78.8 Å². The van der Waals surface area contributed by atoms with E-state index < -0.39 is 26.8 Å². The fourth-order valence-corrected chi connectivity index (χ4v) is 8.63. The molecule has 1 amide bonds. The number of hydrogen-bond donors (Lipinski definition) is 0. The number of hydrogen-bond acceptors (Lipinski definition) is 4. The predicted octanol–water partition coefficient (Wildman–Crippen LogP) is 7.84. The van der Waals surface area contributed by atoms with Crippen LogP contribution in [0.1, 0.15) is 56.7 Å². The molecular formula is C34H34ClNO4S. The topological polar surface area (TPSA) is 63.7 Å². The second-order valence-corrected chi connectivity index (χ2v) is 14.0. The first kappa shape index (κ1) is 27.8. The molecule has 2 atom stereocenters. The number of aryl methyl sites for hydroxylation is 1. The molecule has 0 N–H and O–H groups in total. The Morgan fingerprint density at radius 1 is 1.00 bits per heavy atom. The van der Waals surface area contributed by atoms with Crippen molar-refractivity contribution in [1.82, 2.24) is 0 Å². The van der Waals surface area contributed by atoms with E-state index in [9.17, 15) is 8.42 Å². The smallest absolute Gasteiger partial charge is 0.270 e. The molecule has 1 aliphatic carbocycles. The Labute approximate surface area is 247 Å². The molecule has 2 aliphatic heterocycles. The number of para-hydroxylation sites is 1. The van der Waals surface area contributed by atoms with Crippen LogP contribution in [0, 0.1) is 18.3 Å². The van der Waals surface area contributed by atoms with Gasteiger partial charge in [0, 0.05) is 22.1 Å². The average Bonchev–Trinajstić information content (AvgIpc) is 3.49. The summed E-state index contributed by atoms with van der Waals surface area (Å²) in [4.78, 5) is 15.1. The minimum Gasteiger partial charge on any atom is -0.492 e. The summed E-state index contributed by atoms with van der Waals surface area (Å²) in [6.07, 6.45) is 4.62. The van der Waals surface area contributed by atoms with Gasteiger partial charge in [-0.15, -0.1) is 0 Å². The van der Waals surface area contributed by atoms with Crippen LogP contribution in [0.4, 0.5) is 5.69 Å². The van der Waals surface area contributed by atoms with Crippen LogP contribution >= 0.6 is 11.6 Å². The van der Waals surface area contributed by atoms with Gasteiger partial charge in [-0.2, -0.15) is 0 Å². The lowest BCUT2D eigenvalue weighted by Crippen LogP contribution is -2.57. The van der Waals surface area contributed by atoms with E-state index in [-0.39, 0.29) is 10.8 Å². The van der Waals surface area contributed by atoms with Crippen LogP contribution in [0.5, 0.6) is 0 Å². The van der Waals surface area contributed by atoms with E-state index in [2.05, 4.69) is 26.8 Å². The molecule has 3 aliphatic rings. The first-order valence-electron chi connectivity index (χ1n) is 14.1. The van der Waals surface area contributed by atoms with Crippen molar-refractivity contribution < 1.29 is 17.9 Å². The van der Waals surface area contributed by atoms with Crippen LogP contribution in [-0.4, -0.2) is 20.9 Å². The van der Waals surface area contributed by atoms with Gasteiger partial charge >= 0.3 is 0 Å². The normalized spacial score (nSPS) is 23.0. The predicted molar refractivity (Wildman–Crippen MR) is 163 cm³/mol. The highest BCUT2D eigenvalue weighted by Crippen LogP contribution is 2.65. The number of carbonyl (C=O) groups excluding carboxylic acids is 1. The first-order chi connectivity index (χ1) is 19.5. The van der Waals surface area contributed by atoms with Crippen molar-refractivity contribution in [1.29, 1.82) is 0 Å². The third-order valence-corrected chi connectivity index (χ3v) is 11.1. The van der Waals surface area contributed by atoms with Gasteiger partial charge in [0.2, 0.25) is 0 Å². The van der Waals surface area contributed by atoms with Crippen LogP contribution in [0.15, 0.2) is 94.9 Å². The van der Waals surface area contributed by atoms with Crippen LogP contribution in [0.25, 0.3) is 5.76 Å². The molecule has 0 fully saturated rings. The number of halogens is 1. The highest BCUT2D eigenvalue weighted by Gasteiger charge is 2.67. The zero-order chi connectivity index (χ0) is 29.2. The molecule has 3 aromatic rings. The summed E-state index contributed by atoms with van der Waals surface area (Å²) < 4.78 is 35.9. The van der Waals surface area contributed by atoms with Crippen molar-refractivity contribution in [3.63, 3.8) is 0 Å². The van der Waals surface area contributed by atoms with Crippen molar-refractivity contribution in [2.75, 3.05) is 10.9 Å². The standard InChI is InChI=1S/C34H34ClNO4S/c1-5-6-9-24-20-27-29(21-40-31(27)23-14-16-25(35)17-15-23)33(3,4)34(24)28-10-7-8-11-30(28)36(32(34)37)41(38,39)26-18-12-22(2)13-19-26/h7-8,10-20,29H,5-6,9,21H2,1-4H3/t29-,34+/m0/s1. The SMILES string of the molecule is CCCCC1=CC2=C(c3ccc(Cl)cc3)OC[C@@H]2C(C)(C)[C@]12C(=O)N(S(=O)(=O)c1ccc(C)cc1)c1ccccc12. The van der Waals surface area contributed by atoms with Crippen molar-refractivity contribution >= 4 is 39.0 Å². The fourth-order valence-electron chi connectivity index (χ4n) is 7.04. The van der Waals surface area contributed by atoms with E-state index in [1.807, 2.05) is 43.3 Å². The summed E-state index contributed by atoms with van der Waals surface area (Å²) in [5, 5.41) is 0.652. The number of fused-ring (bicyclic) bond motifs is 3. The molecular weight excluding hydrogens is 554 g/mol. The molecule has 1 spiro atoms. The third-order valence-electron chi connectivity index (χ3n) is 9.18. The summed E-state index contributed by atoms with van der Waals surface area (Å²) in [5.41, 5.74) is 3.19. The van der Waals surface area contributed by atoms with Crippen molar-refractivity contribution in [3.05, 3.63) is 112 Å². The van der Waals surface area contributed by atoms with E-state index in [0.717, 1.165) is 50.7 Å². The summed E-state index contributed by atoms with van der Waals surface area (Å²) in [7, 11) is -4.17. The summed E-state index contributed by atoms with van der Waals surface area (Å²) >= 11 is 6.17. The molecule has 0 aromatic heterocycles. The second-order valence-electron chi connectivity index (χ2n) is 11.8. The zero-order valence-corrected chi connectivity index (χ0v) is 25.4. The second kappa shape index (κ2) is 9.88. The molecule has 0 radical (unpaired) electrons. The van der Waals surface area contributed by atoms with Crippen LogP contribution in [0.2, 0.25) is 5.02 Å². The van der Waals surface area contributed by atoms with Crippen molar-refractivity contribution in [2.45, 2.75) is 57.3 Å². The number of ether oxygens (including phenoxy) is 1. The molecule has 41 heavy (non-hydrogen) atoms. The number of rotatable bonds is 6. The van der Waals surface area contributed by atoms with Gasteiger partial charge in [-0.1, -0.05) is 80.8 Å². The van der Waals surface area contributed by atoms with E-state index in [0.29, 0.717) is 23.7 Å². The lowest BCUT2D eigenvalue weighted by molar-refractivity contribution is -0.126. The molecule has 5 nitrogen and oxygen atoms in total. The number of sulfonamides is 1. The van der Waals surface area contributed by atoms with Gasteiger partial charge in [0.1, 0.15) is 11.2 Å². The number of anilines is 1. The molecule has 0 unspecified atom stereocenters. The summed E-state index contributed by atoms with van der Waals surface area (Å²) in [6.45, 7) is 8.63. The fraction of sp³-hybridized carbons (Fsp3) is 0.324. The summed E-state index contributed by atoms with van der Waals surface area (Å²) in [6, 6.07) is 21.7. The Morgan fingerprint density at radius 2 is 1.68 bits per heavy atom. The van der Waals surface area contributed by atoms with E-state index in [4.69, 9.17) is 16.3 Å². The molecule has 2 heterocycles. The number of nitrogens with zero attached hydrogens (tertiary/aromatic N) is 1. The molecule has 0 saturated heterocycles. The molecule has 212 valence electrons. The van der Waals surface area contributed by atoms with Crippen LogP contribution < -0.4 is 4.31 Å². The van der Waals surface area contributed by atoms with E-state index >= 15 is 4.79 Å². The van der Waals surface area contributed by atoms with Crippen molar-refractivity contribution in [2.24, 2.45) is 11.3 Å². The third kappa shape index (κ3) is 3.94. The van der Waals surface area contributed by atoms with Gasteiger partial charge in [0.15, 0.2) is 0 Å². The monoisotopic (exact) mass is 587 g/mol. The van der Waals surface area contributed by atoms with E-state index in [1.54, 1.807) is 36.4 Å². The Morgan fingerprint density at radius 3 is 2.37 bits per heavy atom. The van der Waals surface area contributed by atoms with Crippen LogP contribution in [-0.2, 0) is 25.0 Å². The van der Waals surface area contributed by atoms with Gasteiger partial charge in [-0.3, -0.25) is 4.79 Å². The van der Waals surface area contributed by atoms with Gasteiger partial charge in [0.25, 0.3) is 15.9 Å². The lowest BCUT2D eigenvalue weighted by atomic mass is 9.49. The van der Waals surface area contributed by atoms with E-state index in [1.165, 1.54) is 0 Å². The molecule has 0 saturated carbocycles. The maximum atomic E-state index is 15.0. The Balaban J connectivity index is 1.60. The molecule has 6 rings (SSSR count). The number of amides is 1. The number of allylic oxidation sites excluding steroid dienone is 1. The quantitative estimate of drug-likeness (QED) is 0.295. The Hall–Kier alpha value is -3.35. The highest BCUT2D eigenvalue weighted by molar-refractivity contribution is 7.93. The molecule has 7 heteroatoms. The number of unbranched alkanes of at least 4 members (excludes halogenated alkanes) is 1. The maximum absolute atomic E-state index is 15.0. The highest BCUT2D eigenvalue weighted by atomic mass is 35.5. The average molecular weight is 588 g/mol. The molecule has 0 bridgehead atoms. The maximum Gasteiger partial charge on any atom is 0.270 e. The first-order valence-corrected chi connectivity index (χ1v) is 16.0. The Bertz CT molecular complexity index is 1700. The summed E-state index contributed by atoms with van der Waals surface area (Å²) in [5.74, 6) is 0.259. The minimum atomic E-state index is -4.17. The largest absolute Gasteiger partial charge is 0.492 e.